The summed E-state index contributed by atoms with van der Waals surface area (Å²) in [6, 6.07) is 12.9. The number of rotatable bonds is 5. The number of ether oxygens (including phenoxy) is 2. The zero-order chi connectivity index (χ0) is 23.7. The molecule has 1 aliphatic rings. The fraction of sp³-hybridized carbons (Fsp3) is 0.120. The van der Waals surface area contributed by atoms with Crippen LogP contribution in [0.4, 0.5) is 0 Å². The third-order valence-corrected chi connectivity index (χ3v) is 6.70. The van der Waals surface area contributed by atoms with E-state index in [0.29, 0.717) is 15.7 Å². The number of carbonyl (C=O) groups is 1. The number of fused-ring (bicyclic) bond motifs is 2. The van der Waals surface area contributed by atoms with E-state index in [1.165, 1.54) is 11.3 Å². The van der Waals surface area contributed by atoms with Crippen LogP contribution in [0.1, 0.15) is 37.9 Å². The number of amides is 1. The Morgan fingerprint density at radius 3 is 2.65 bits per heavy atom. The van der Waals surface area contributed by atoms with E-state index < -0.39 is 0 Å². The van der Waals surface area contributed by atoms with Crippen molar-refractivity contribution in [3.8, 4) is 11.5 Å². The van der Waals surface area contributed by atoms with Gasteiger partial charge in [0.1, 0.15) is 4.83 Å². The minimum atomic E-state index is -0.289. The number of hydrogen-bond donors (Lipinski definition) is 1. The zero-order valence-corrected chi connectivity index (χ0v) is 19.9. The number of nitrogens with zero attached hydrogens (tertiary/aromatic N) is 3. The van der Waals surface area contributed by atoms with Crippen LogP contribution >= 0.6 is 22.9 Å². The number of aryl methyl sites for hydroxylation is 2. The summed E-state index contributed by atoms with van der Waals surface area (Å²) < 4.78 is 10.8. The Morgan fingerprint density at radius 2 is 1.82 bits per heavy atom. The summed E-state index contributed by atoms with van der Waals surface area (Å²) in [6.45, 7) is 4.05. The van der Waals surface area contributed by atoms with E-state index in [1.807, 2.05) is 56.3 Å². The average Bonchev–Trinajstić information content (AvgIpc) is 3.43. The molecule has 1 N–H and O–H groups in total. The maximum atomic E-state index is 12.8. The predicted molar refractivity (Wildman–Crippen MR) is 135 cm³/mol. The number of carbonyl (C=O) groups excluding carboxylic acids is 1. The Kier molecular flexibility index (Phi) is 6.00. The lowest BCUT2D eigenvalue weighted by Gasteiger charge is -2.01. The second-order valence-corrected chi connectivity index (χ2v) is 9.04. The van der Waals surface area contributed by atoms with Crippen LogP contribution in [-0.2, 0) is 0 Å². The van der Waals surface area contributed by atoms with Gasteiger partial charge in [0, 0.05) is 10.4 Å². The van der Waals surface area contributed by atoms with Gasteiger partial charge >= 0.3 is 0 Å². The van der Waals surface area contributed by atoms with Gasteiger partial charge in [-0.25, -0.2) is 15.4 Å². The van der Waals surface area contributed by atoms with Crippen LogP contribution in [0.2, 0.25) is 5.02 Å². The highest BCUT2D eigenvalue weighted by Crippen LogP contribution is 2.34. The normalized spacial score (nSPS) is 12.8. The lowest BCUT2D eigenvalue weighted by atomic mass is 10.1. The molecule has 0 unspecified atom stereocenters. The lowest BCUT2D eigenvalue weighted by Crippen LogP contribution is -2.17. The van der Waals surface area contributed by atoms with Crippen molar-refractivity contribution < 1.29 is 14.3 Å². The first-order valence-corrected chi connectivity index (χ1v) is 11.6. The van der Waals surface area contributed by atoms with Crippen LogP contribution in [0.5, 0.6) is 11.5 Å². The van der Waals surface area contributed by atoms with Crippen LogP contribution < -0.4 is 14.9 Å². The van der Waals surface area contributed by atoms with Crippen LogP contribution in [0.3, 0.4) is 0 Å². The topological polar surface area (TPSA) is 85.7 Å². The van der Waals surface area contributed by atoms with Crippen molar-refractivity contribution in [1.29, 1.82) is 0 Å². The molecule has 0 saturated carbocycles. The van der Waals surface area contributed by atoms with Gasteiger partial charge in [0.05, 0.1) is 16.8 Å². The summed E-state index contributed by atoms with van der Waals surface area (Å²) in [4.78, 5) is 23.3. The first-order valence-electron chi connectivity index (χ1n) is 10.4. The molecule has 4 aromatic rings. The Bertz CT molecular complexity index is 1460. The number of halogens is 1. The highest BCUT2D eigenvalue weighted by atomic mass is 35.5. The van der Waals surface area contributed by atoms with E-state index in [4.69, 9.17) is 21.1 Å². The van der Waals surface area contributed by atoms with Gasteiger partial charge in [0.2, 0.25) is 6.79 Å². The van der Waals surface area contributed by atoms with Gasteiger partial charge in [0.15, 0.2) is 17.3 Å². The Labute approximate surface area is 204 Å². The fourth-order valence-corrected chi connectivity index (χ4v) is 4.86. The largest absolute Gasteiger partial charge is 0.454 e. The van der Waals surface area contributed by atoms with Crippen LogP contribution in [0.25, 0.3) is 22.4 Å². The standard InChI is InChI=1S/C25H19ClN4O3S/c1-14-22-15(2)28-21(10-6-16-5-9-19-20(11-16)33-13-32-19)29-25(22)34-23(14)24(31)30-27-12-17-3-7-18(26)8-4-17/h3-12H,13H2,1-2H3,(H,30,31)/b10-6+,27-12+. The quantitative estimate of drug-likeness (QED) is 0.289. The summed E-state index contributed by atoms with van der Waals surface area (Å²) in [5, 5.41) is 5.59. The van der Waals surface area contributed by atoms with Crippen molar-refractivity contribution >= 4 is 57.4 Å². The molecule has 0 fully saturated rings. The summed E-state index contributed by atoms with van der Waals surface area (Å²) in [5.41, 5.74) is 6.02. The van der Waals surface area contributed by atoms with Crippen molar-refractivity contribution in [3.63, 3.8) is 0 Å². The van der Waals surface area contributed by atoms with Gasteiger partial charge in [-0.05, 0) is 60.9 Å². The second-order valence-electron chi connectivity index (χ2n) is 7.60. The second kappa shape index (κ2) is 9.24. The smallest absolute Gasteiger partial charge is 0.281 e. The fourth-order valence-electron chi connectivity index (χ4n) is 3.60. The number of hydrazone groups is 1. The summed E-state index contributed by atoms with van der Waals surface area (Å²) in [5.74, 6) is 1.74. The van der Waals surface area contributed by atoms with Crippen molar-refractivity contribution in [2.24, 2.45) is 5.10 Å². The molecule has 3 heterocycles. The molecule has 1 aliphatic heterocycles. The first kappa shape index (κ1) is 22.1. The lowest BCUT2D eigenvalue weighted by molar-refractivity contribution is 0.0958. The number of thiophene rings is 1. The molecule has 7 nitrogen and oxygen atoms in total. The zero-order valence-electron chi connectivity index (χ0n) is 18.3. The molecule has 0 radical (unpaired) electrons. The minimum absolute atomic E-state index is 0.238. The maximum Gasteiger partial charge on any atom is 0.281 e. The van der Waals surface area contributed by atoms with Crippen LogP contribution in [-0.4, -0.2) is 28.9 Å². The highest BCUT2D eigenvalue weighted by molar-refractivity contribution is 7.20. The third-order valence-electron chi connectivity index (χ3n) is 5.27. The number of benzene rings is 2. The van der Waals surface area contributed by atoms with Gasteiger partial charge < -0.3 is 9.47 Å². The Morgan fingerprint density at radius 1 is 1.06 bits per heavy atom. The molecule has 170 valence electrons. The van der Waals surface area contributed by atoms with Gasteiger partial charge in [-0.1, -0.05) is 35.9 Å². The van der Waals surface area contributed by atoms with E-state index in [9.17, 15) is 4.79 Å². The van der Waals surface area contributed by atoms with Gasteiger partial charge in [0.25, 0.3) is 5.91 Å². The molecule has 9 heteroatoms. The molecular weight excluding hydrogens is 472 g/mol. The molecule has 0 saturated heterocycles. The molecule has 0 spiro atoms. The highest BCUT2D eigenvalue weighted by Gasteiger charge is 2.19. The molecule has 2 aromatic heterocycles. The van der Waals surface area contributed by atoms with Crippen molar-refractivity contribution in [2.75, 3.05) is 6.79 Å². The molecule has 34 heavy (non-hydrogen) atoms. The van der Waals surface area contributed by atoms with E-state index >= 15 is 0 Å². The van der Waals surface area contributed by atoms with E-state index in [0.717, 1.165) is 44.1 Å². The Balaban J connectivity index is 1.36. The summed E-state index contributed by atoms with van der Waals surface area (Å²) >= 11 is 7.21. The molecule has 5 rings (SSSR count). The van der Waals surface area contributed by atoms with Crippen molar-refractivity contribution in [2.45, 2.75) is 13.8 Å². The van der Waals surface area contributed by atoms with Crippen LogP contribution in [0, 0.1) is 13.8 Å². The molecule has 1 amide bonds. The average molecular weight is 491 g/mol. The molecule has 0 bridgehead atoms. The minimum Gasteiger partial charge on any atom is -0.454 e. The van der Waals surface area contributed by atoms with Gasteiger partial charge in [-0.2, -0.15) is 5.10 Å². The SMILES string of the molecule is Cc1nc(/C=C/c2ccc3c(c2)OCO3)nc2sc(C(=O)N/N=C/c3ccc(Cl)cc3)c(C)c12. The molecular formula is C25H19ClN4O3S. The predicted octanol–water partition coefficient (Wildman–Crippen LogP) is 5.62. The van der Waals surface area contributed by atoms with Crippen molar-refractivity contribution in [1.82, 2.24) is 15.4 Å². The van der Waals surface area contributed by atoms with E-state index in [-0.39, 0.29) is 12.7 Å². The number of hydrogen-bond acceptors (Lipinski definition) is 7. The summed E-state index contributed by atoms with van der Waals surface area (Å²) in [7, 11) is 0. The van der Waals surface area contributed by atoms with Gasteiger partial charge in [-0.15, -0.1) is 11.3 Å². The number of nitrogens with one attached hydrogen (secondary N) is 1. The van der Waals surface area contributed by atoms with Crippen molar-refractivity contribution in [3.05, 3.63) is 80.6 Å². The van der Waals surface area contributed by atoms with E-state index in [2.05, 4.69) is 20.5 Å². The van der Waals surface area contributed by atoms with E-state index in [1.54, 1.807) is 18.3 Å². The first-order chi connectivity index (χ1) is 16.5. The summed E-state index contributed by atoms with van der Waals surface area (Å²) in [6.07, 6.45) is 5.33. The molecule has 0 aliphatic carbocycles. The number of aromatic nitrogens is 2. The van der Waals surface area contributed by atoms with Gasteiger partial charge in [-0.3, -0.25) is 4.79 Å². The Hall–Kier alpha value is -3.75. The molecule has 0 atom stereocenters. The maximum absolute atomic E-state index is 12.8. The molecule has 2 aromatic carbocycles. The third kappa shape index (κ3) is 4.50. The monoisotopic (exact) mass is 490 g/mol. The van der Waals surface area contributed by atoms with Crippen LogP contribution in [0.15, 0.2) is 47.6 Å².